The van der Waals surface area contributed by atoms with Gasteiger partial charge in [0, 0.05) is 25.2 Å². The smallest absolute Gasteiger partial charge is 0.285 e. The van der Waals surface area contributed by atoms with Gasteiger partial charge >= 0.3 is 0 Å². The number of carbonyl (C=O) groups is 1. The Bertz CT molecular complexity index is 745. The molecule has 0 spiro atoms. The topological polar surface area (TPSA) is 90.9 Å². The zero-order valence-corrected chi connectivity index (χ0v) is 15.0. The number of rotatable bonds is 4. The van der Waals surface area contributed by atoms with E-state index in [1.165, 1.54) is 6.07 Å². The maximum absolute atomic E-state index is 12.1. The van der Waals surface area contributed by atoms with Crippen LogP contribution < -0.4 is 10.6 Å². The maximum Gasteiger partial charge on any atom is 0.285 e. The fourth-order valence-corrected chi connectivity index (χ4v) is 4.13. The third-order valence-electron chi connectivity index (χ3n) is 4.06. The van der Waals surface area contributed by atoms with Gasteiger partial charge in [0.25, 0.3) is 10.0 Å². The third kappa shape index (κ3) is 3.88. The normalized spacial score (nSPS) is 20.7. The van der Waals surface area contributed by atoms with Crippen molar-refractivity contribution in [3.05, 3.63) is 29.8 Å². The van der Waals surface area contributed by atoms with E-state index in [2.05, 4.69) is 15.0 Å². The Morgan fingerprint density at radius 1 is 1.42 bits per heavy atom. The van der Waals surface area contributed by atoms with Crippen molar-refractivity contribution in [2.45, 2.75) is 23.8 Å². The lowest BCUT2D eigenvalue weighted by molar-refractivity contribution is -0.121. The first-order valence-corrected chi connectivity index (χ1v) is 9.07. The molecule has 1 aromatic rings. The van der Waals surface area contributed by atoms with Crippen LogP contribution in [0.2, 0.25) is 0 Å². The average molecular weight is 373 g/mol. The quantitative estimate of drug-likeness (QED) is 0.796. The molecule has 7 nitrogen and oxygen atoms in total. The van der Waals surface area contributed by atoms with Crippen molar-refractivity contribution < 1.29 is 13.2 Å². The highest BCUT2D eigenvalue weighted by atomic mass is 35.5. The summed E-state index contributed by atoms with van der Waals surface area (Å²) in [5.74, 6) is 0.167. The molecule has 0 aromatic heterocycles. The van der Waals surface area contributed by atoms with Crippen molar-refractivity contribution in [3.63, 3.8) is 0 Å². The molecule has 1 aromatic carbocycles. The van der Waals surface area contributed by atoms with Crippen LogP contribution in [0.15, 0.2) is 33.6 Å². The highest BCUT2D eigenvalue weighted by Crippen LogP contribution is 2.26. The Kier molecular flexibility index (Phi) is 5.84. The lowest BCUT2D eigenvalue weighted by Gasteiger charge is -2.19. The van der Waals surface area contributed by atoms with Crippen LogP contribution in [0.25, 0.3) is 0 Å². The number of likely N-dealkylation sites (N-methyl/N-ethyl adjacent to an activating group) is 1. The minimum Gasteiger partial charge on any atom is -0.353 e. The van der Waals surface area contributed by atoms with Crippen LogP contribution in [0.3, 0.4) is 0 Å². The van der Waals surface area contributed by atoms with E-state index < -0.39 is 10.0 Å². The Labute approximate surface area is 148 Å². The number of amidine groups is 1. The molecule has 0 bridgehead atoms. The van der Waals surface area contributed by atoms with Gasteiger partial charge in [-0.05, 0) is 31.5 Å². The predicted octanol–water partition coefficient (Wildman–Crippen LogP) is 0.357. The first kappa shape index (κ1) is 18.7. The number of amides is 1. The largest absolute Gasteiger partial charge is 0.353 e. The van der Waals surface area contributed by atoms with E-state index in [4.69, 9.17) is 0 Å². The predicted molar refractivity (Wildman–Crippen MR) is 94.1 cm³/mol. The molecule has 0 radical (unpaired) electrons. The molecule has 1 fully saturated rings. The zero-order chi connectivity index (χ0) is 16.4. The van der Waals surface area contributed by atoms with E-state index in [-0.39, 0.29) is 29.8 Å². The number of halogens is 1. The summed E-state index contributed by atoms with van der Waals surface area (Å²) in [6, 6.07) is 6.98. The van der Waals surface area contributed by atoms with Gasteiger partial charge < -0.3 is 15.5 Å². The summed E-state index contributed by atoms with van der Waals surface area (Å²) in [4.78, 5) is 13.8. The van der Waals surface area contributed by atoms with Gasteiger partial charge in [-0.2, -0.15) is 8.42 Å². The van der Waals surface area contributed by atoms with Crippen molar-refractivity contribution >= 4 is 34.2 Å². The minimum absolute atomic E-state index is 0. The molecule has 132 valence electrons. The number of nitrogens with one attached hydrogen (secondary N) is 2. The standard InChI is InChI=1S/C15H20N4O3S.ClH/c1-19(10-14(20)17-9-11-5-4-8-16-11)15-12-6-2-3-7-13(12)23(21,22)18-15;/h2-3,6-7,11,16H,4-5,8-10H2,1H3,(H,17,20);1H. The molecule has 2 aliphatic heterocycles. The summed E-state index contributed by atoms with van der Waals surface area (Å²) in [6.07, 6.45) is 2.19. The van der Waals surface area contributed by atoms with Gasteiger partial charge in [0.2, 0.25) is 5.91 Å². The van der Waals surface area contributed by atoms with E-state index >= 15 is 0 Å². The van der Waals surface area contributed by atoms with Gasteiger partial charge in [-0.3, -0.25) is 4.79 Å². The molecule has 1 amide bonds. The molecule has 1 saturated heterocycles. The number of sulfonamides is 1. The Balaban J connectivity index is 0.00000208. The van der Waals surface area contributed by atoms with E-state index in [0.29, 0.717) is 24.0 Å². The number of hydrogen-bond donors (Lipinski definition) is 2. The van der Waals surface area contributed by atoms with E-state index in [0.717, 1.165) is 19.4 Å². The zero-order valence-electron chi connectivity index (χ0n) is 13.4. The van der Waals surface area contributed by atoms with E-state index in [1.54, 1.807) is 30.1 Å². The van der Waals surface area contributed by atoms with Crippen LogP contribution in [0.1, 0.15) is 18.4 Å². The summed E-state index contributed by atoms with van der Waals surface area (Å²) in [5.41, 5.74) is 0.542. The van der Waals surface area contributed by atoms with Gasteiger partial charge in [-0.1, -0.05) is 12.1 Å². The minimum atomic E-state index is -3.66. The number of benzene rings is 1. The second-order valence-corrected chi connectivity index (χ2v) is 7.41. The molecule has 2 N–H and O–H groups in total. The van der Waals surface area contributed by atoms with Crippen molar-refractivity contribution in [3.8, 4) is 0 Å². The molecule has 24 heavy (non-hydrogen) atoms. The van der Waals surface area contributed by atoms with Crippen molar-refractivity contribution in [2.75, 3.05) is 26.7 Å². The van der Waals surface area contributed by atoms with Crippen LogP contribution in [0.4, 0.5) is 0 Å². The van der Waals surface area contributed by atoms with Gasteiger partial charge in [0.05, 0.1) is 6.54 Å². The number of hydrogen-bond acceptors (Lipinski definition) is 5. The Morgan fingerprint density at radius 3 is 2.88 bits per heavy atom. The molecule has 1 unspecified atom stereocenters. The van der Waals surface area contributed by atoms with E-state index in [9.17, 15) is 13.2 Å². The second kappa shape index (κ2) is 7.50. The van der Waals surface area contributed by atoms with Crippen LogP contribution in [0, 0.1) is 0 Å². The maximum atomic E-state index is 12.1. The third-order valence-corrected chi connectivity index (χ3v) is 5.39. The van der Waals surface area contributed by atoms with Gasteiger partial charge in [-0.15, -0.1) is 16.8 Å². The summed E-state index contributed by atoms with van der Waals surface area (Å²) < 4.78 is 27.9. The monoisotopic (exact) mass is 372 g/mol. The summed E-state index contributed by atoms with van der Waals surface area (Å²) >= 11 is 0. The van der Waals surface area contributed by atoms with Crippen LogP contribution in [-0.4, -0.2) is 57.8 Å². The molecule has 9 heteroatoms. The van der Waals surface area contributed by atoms with E-state index in [1.807, 2.05) is 0 Å². The van der Waals surface area contributed by atoms with Crippen molar-refractivity contribution in [1.82, 2.24) is 15.5 Å². The van der Waals surface area contributed by atoms with Crippen molar-refractivity contribution in [2.24, 2.45) is 4.40 Å². The molecule has 0 aliphatic carbocycles. The molecule has 3 rings (SSSR count). The van der Waals surface area contributed by atoms with Crippen LogP contribution >= 0.6 is 12.4 Å². The molecule has 2 aliphatic rings. The van der Waals surface area contributed by atoms with Gasteiger partial charge in [0.15, 0.2) is 5.84 Å². The molecule has 2 heterocycles. The fraction of sp³-hybridized carbons (Fsp3) is 0.467. The lowest BCUT2D eigenvalue weighted by atomic mass is 10.2. The number of nitrogens with zero attached hydrogens (tertiary/aromatic N) is 2. The summed E-state index contributed by atoms with van der Waals surface area (Å²) in [6.45, 7) is 1.65. The van der Waals surface area contributed by atoms with Crippen LogP contribution in [0.5, 0.6) is 0 Å². The van der Waals surface area contributed by atoms with Crippen molar-refractivity contribution in [1.29, 1.82) is 0 Å². The van der Waals surface area contributed by atoms with Gasteiger partial charge in [-0.25, -0.2) is 0 Å². The highest BCUT2D eigenvalue weighted by molar-refractivity contribution is 7.90. The number of fused-ring (bicyclic) bond motifs is 1. The first-order chi connectivity index (χ1) is 11.0. The molecular weight excluding hydrogens is 352 g/mol. The Morgan fingerprint density at radius 2 is 2.17 bits per heavy atom. The number of carbonyl (C=O) groups excluding carboxylic acids is 1. The SMILES string of the molecule is CN(CC(=O)NCC1CCCN1)C1=NS(=O)(=O)c2ccccc21.Cl. The lowest BCUT2D eigenvalue weighted by Crippen LogP contribution is -2.42. The molecular formula is C15H21ClN4O3S. The fourth-order valence-electron chi connectivity index (χ4n) is 2.88. The first-order valence-electron chi connectivity index (χ1n) is 7.63. The van der Waals surface area contributed by atoms with Crippen LogP contribution in [-0.2, 0) is 14.8 Å². The summed E-state index contributed by atoms with van der Waals surface area (Å²) in [5, 5.41) is 6.19. The summed E-state index contributed by atoms with van der Waals surface area (Å²) in [7, 11) is -1.99. The second-order valence-electron chi connectivity index (χ2n) is 5.84. The Hall–Kier alpha value is -1.64. The average Bonchev–Trinajstić information content (AvgIpc) is 3.12. The highest BCUT2D eigenvalue weighted by Gasteiger charge is 2.30. The molecule has 0 saturated carbocycles. The molecule has 1 atom stereocenters. The van der Waals surface area contributed by atoms with Gasteiger partial charge in [0.1, 0.15) is 4.90 Å².